The molecule has 2 N–H and O–H groups in total. The average molecular weight is 593 g/mol. The first kappa shape index (κ1) is 28.7. The summed E-state index contributed by atoms with van der Waals surface area (Å²) >= 11 is 3.42. The molecule has 0 fully saturated rings. The fraction of sp³-hybridized carbons (Fsp3) is 0.346. The Balaban J connectivity index is 1.71. The second-order valence-electron chi connectivity index (χ2n) is 8.03. The van der Waals surface area contributed by atoms with E-state index in [4.69, 9.17) is 20.6 Å². The van der Waals surface area contributed by atoms with E-state index in [-0.39, 0.29) is 49.4 Å². The number of carbonyl (C=O) groups is 1. The molecule has 9 nitrogen and oxygen atoms in total. The molecule has 0 saturated carbocycles. The molecule has 11 heteroatoms. The van der Waals surface area contributed by atoms with Crippen LogP contribution in [0.3, 0.4) is 0 Å². The van der Waals surface area contributed by atoms with Gasteiger partial charge in [-0.3, -0.25) is 4.79 Å². The van der Waals surface area contributed by atoms with Crippen LogP contribution in [0.1, 0.15) is 17.9 Å². The van der Waals surface area contributed by atoms with Gasteiger partial charge in [0.05, 0.1) is 31.8 Å². The van der Waals surface area contributed by atoms with Gasteiger partial charge in [-0.25, -0.2) is 8.42 Å². The number of terminal acetylenes is 1. The molecule has 1 amide bonds. The van der Waals surface area contributed by atoms with Gasteiger partial charge < -0.3 is 24.6 Å². The van der Waals surface area contributed by atoms with Crippen molar-refractivity contribution in [2.75, 3.05) is 40.0 Å². The summed E-state index contributed by atoms with van der Waals surface area (Å²) < 4.78 is 45.0. The van der Waals surface area contributed by atoms with E-state index in [2.05, 4.69) is 27.2 Å². The van der Waals surface area contributed by atoms with Crippen LogP contribution in [0.5, 0.6) is 5.75 Å². The van der Waals surface area contributed by atoms with E-state index in [1.165, 1.54) is 19.2 Å². The van der Waals surface area contributed by atoms with Crippen molar-refractivity contribution in [2.45, 2.75) is 23.5 Å². The van der Waals surface area contributed by atoms with Crippen LogP contribution < -0.4 is 10.1 Å². The first-order valence-electron chi connectivity index (χ1n) is 11.5. The smallest absolute Gasteiger partial charge is 0.286 e. The number of benzene rings is 2. The Kier molecular flexibility index (Phi) is 10.5. The van der Waals surface area contributed by atoms with Gasteiger partial charge in [-0.15, -0.1) is 6.42 Å². The number of allylic oxidation sites excluding steroid dienone is 1. The molecule has 0 spiro atoms. The van der Waals surface area contributed by atoms with Gasteiger partial charge in [-0.1, -0.05) is 34.0 Å². The van der Waals surface area contributed by atoms with Crippen molar-refractivity contribution >= 4 is 31.9 Å². The lowest BCUT2D eigenvalue weighted by molar-refractivity contribution is -0.146. The molecule has 1 aliphatic heterocycles. The van der Waals surface area contributed by atoms with Gasteiger partial charge >= 0.3 is 0 Å². The number of nitrogens with one attached hydrogen (secondary N) is 1. The van der Waals surface area contributed by atoms with Gasteiger partial charge in [-0.05, 0) is 48.0 Å². The summed E-state index contributed by atoms with van der Waals surface area (Å²) in [6.07, 6.45) is 6.58. The Morgan fingerprint density at radius 3 is 2.54 bits per heavy atom. The fourth-order valence-corrected chi connectivity index (χ4v) is 5.40. The third kappa shape index (κ3) is 7.80. The summed E-state index contributed by atoms with van der Waals surface area (Å²) in [7, 11) is -2.39. The number of halogens is 1. The van der Waals surface area contributed by atoms with E-state index < -0.39 is 22.2 Å². The number of nitrogens with zero attached hydrogens (tertiary/aromatic N) is 1. The van der Waals surface area contributed by atoms with E-state index in [9.17, 15) is 18.3 Å². The number of methoxy groups -OCH3 is 1. The monoisotopic (exact) mass is 592 g/mol. The minimum atomic E-state index is -3.89. The van der Waals surface area contributed by atoms with Crippen LogP contribution in [0.2, 0.25) is 0 Å². The number of carbonyl (C=O) groups excluding carboxylic acids is 1. The van der Waals surface area contributed by atoms with Crippen molar-refractivity contribution in [3.63, 3.8) is 0 Å². The number of amides is 1. The maximum absolute atomic E-state index is 13.1. The molecule has 198 valence electrons. The highest BCUT2D eigenvalue weighted by atomic mass is 79.9. The second-order valence-corrected chi connectivity index (χ2v) is 10.9. The van der Waals surface area contributed by atoms with E-state index in [1.54, 1.807) is 18.2 Å². The summed E-state index contributed by atoms with van der Waals surface area (Å²) in [6, 6.07) is 13.7. The molecule has 0 bridgehead atoms. The summed E-state index contributed by atoms with van der Waals surface area (Å²) in [5, 5.41) is 12.0. The van der Waals surface area contributed by atoms with Gasteiger partial charge in [0.2, 0.25) is 16.3 Å². The molecule has 37 heavy (non-hydrogen) atoms. The third-order valence-corrected chi connectivity index (χ3v) is 8.06. The summed E-state index contributed by atoms with van der Waals surface area (Å²) in [6.45, 7) is -0.465. The third-order valence-electron chi connectivity index (χ3n) is 5.62. The molecule has 2 aromatic rings. The van der Waals surface area contributed by atoms with Gasteiger partial charge in [0.1, 0.15) is 5.75 Å². The maximum Gasteiger partial charge on any atom is 0.286 e. The number of aliphatic hydroxyl groups is 1. The lowest BCUT2D eigenvalue weighted by atomic mass is 9.93. The summed E-state index contributed by atoms with van der Waals surface area (Å²) in [4.78, 5) is 12.6. The Labute approximate surface area is 225 Å². The van der Waals surface area contributed by atoms with Gasteiger partial charge in [0.25, 0.3) is 5.91 Å². The lowest BCUT2D eigenvalue weighted by Crippen LogP contribution is -2.38. The quantitative estimate of drug-likeness (QED) is 0.364. The molecule has 2 aromatic carbocycles. The lowest BCUT2D eigenvalue weighted by Gasteiger charge is -2.30. The Hall–Kier alpha value is -2.88. The molecular formula is C26H29BrN2O7S. The number of aliphatic hydroxyl groups excluding tert-OH is 1. The molecule has 1 aliphatic rings. The standard InChI is InChI=1S/C26H29BrN2O7S/c1-3-12-28-26(31)24-17-20(19-4-6-21(27)7-5-19)18-25(36-24)35-16-14-29(13-15-30)37(32,33)23-10-8-22(34-2)9-11-23/h1,4-11,17,20,25,30H,12-16,18H2,2H3,(H,28,31)/t20-,25+/m0/s1. The average Bonchev–Trinajstić information content (AvgIpc) is 2.91. The van der Waals surface area contributed by atoms with Crippen molar-refractivity contribution in [1.29, 1.82) is 0 Å². The van der Waals surface area contributed by atoms with E-state index >= 15 is 0 Å². The van der Waals surface area contributed by atoms with Crippen LogP contribution in [0.15, 0.2) is 69.7 Å². The van der Waals surface area contributed by atoms with Gasteiger partial charge in [0.15, 0.2) is 5.76 Å². The molecule has 0 radical (unpaired) electrons. The highest BCUT2D eigenvalue weighted by molar-refractivity contribution is 9.10. The SMILES string of the molecule is C#CCNC(=O)C1=C[C@H](c2ccc(Br)cc2)C[C@H](OCCN(CCO)S(=O)(=O)c2ccc(OC)cc2)O1. The molecule has 3 rings (SSSR count). The van der Waals surface area contributed by atoms with Crippen LogP contribution >= 0.6 is 15.9 Å². The minimum absolute atomic E-state index is 0.0215. The largest absolute Gasteiger partial charge is 0.497 e. The van der Waals surface area contributed by atoms with Crippen LogP contribution in [0.25, 0.3) is 0 Å². The zero-order chi connectivity index (χ0) is 26.8. The van der Waals surface area contributed by atoms with Crippen molar-refractivity contribution in [2.24, 2.45) is 0 Å². The normalized spacial score (nSPS) is 17.4. The van der Waals surface area contributed by atoms with Crippen molar-refractivity contribution in [3.05, 3.63) is 70.4 Å². The molecule has 1 heterocycles. The number of rotatable bonds is 12. The summed E-state index contributed by atoms with van der Waals surface area (Å²) in [5.41, 5.74) is 0.964. The molecule has 0 unspecified atom stereocenters. The number of sulfonamides is 1. The Bertz CT molecular complexity index is 1230. The molecule has 2 atom stereocenters. The maximum atomic E-state index is 13.1. The van der Waals surface area contributed by atoms with Crippen molar-refractivity contribution < 1.29 is 32.5 Å². The van der Waals surface area contributed by atoms with Gasteiger partial charge in [-0.2, -0.15) is 4.31 Å². The number of ether oxygens (including phenoxy) is 3. The highest BCUT2D eigenvalue weighted by Crippen LogP contribution is 2.32. The molecule has 0 saturated heterocycles. The van der Waals surface area contributed by atoms with Crippen LogP contribution in [0, 0.1) is 12.3 Å². The topological polar surface area (TPSA) is 114 Å². The van der Waals surface area contributed by atoms with Crippen molar-refractivity contribution in [3.8, 4) is 18.1 Å². The Morgan fingerprint density at radius 1 is 1.22 bits per heavy atom. The van der Waals surface area contributed by atoms with Crippen LogP contribution in [-0.4, -0.2) is 70.0 Å². The molecular weight excluding hydrogens is 564 g/mol. The Morgan fingerprint density at radius 2 is 1.92 bits per heavy atom. The van der Waals surface area contributed by atoms with E-state index in [0.29, 0.717) is 12.2 Å². The highest BCUT2D eigenvalue weighted by Gasteiger charge is 2.30. The zero-order valence-corrected chi connectivity index (χ0v) is 22.7. The number of hydrogen-bond donors (Lipinski definition) is 2. The van der Waals surface area contributed by atoms with E-state index in [1.807, 2.05) is 24.3 Å². The van der Waals surface area contributed by atoms with Gasteiger partial charge in [0, 0.05) is 29.9 Å². The van der Waals surface area contributed by atoms with Crippen LogP contribution in [-0.2, 0) is 24.3 Å². The predicted molar refractivity (Wildman–Crippen MR) is 141 cm³/mol. The van der Waals surface area contributed by atoms with Crippen LogP contribution in [0.4, 0.5) is 0 Å². The molecule has 0 aliphatic carbocycles. The molecule has 0 aromatic heterocycles. The predicted octanol–water partition coefficient (Wildman–Crippen LogP) is 2.62. The second kappa shape index (κ2) is 13.6. The summed E-state index contributed by atoms with van der Waals surface area (Å²) in [5.74, 6) is 2.33. The van der Waals surface area contributed by atoms with E-state index in [0.717, 1.165) is 14.3 Å². The zero-order valence-electron chi connectivity index (χ0n) is 20.3. The first-order valence-corrected chi connectivity index (χ1v) is 13.7. The van der Waals surface area contributed by atoms with Crippen molar-refractivity contribution in [1.82, 2.24) is 9.62 Å². The minimum Gasteiger partial charge on any atom is -0.497 e. The first-order chi connectivity index (χ1) is 17.8. The fourth-order valence-electron chi connectivity index (χ4n) is 3.73. The number of hydrogen-bond acceptors (Lipinski definition) is 7.